The van der Waals surface area contributed by atoms with E-state index in [1.165, 1.54) is 37.1 Å². The number of benzene rings is 1. The number of aryl methyl sites for hydroxylation is 2. The molecule has 0 saturated carbocycles. The van der Waals surface area contributed by atoms with E-state index < -0.39 is 0 Å². The zero-order chi connectivity index (χ0) is 15.6. The third-order valence-corrected chi connectivity index (χ3v) is 5.33. The zero-order valence-corrected chi connectivity index (χ0v) is 14.2. The summed E-state index contributed by atoms with van der Waals surface area (Å²) in [5, 5.41) is 0. The van der Waals surface area contributed by atoms with E-state index in [4.69, 9.17) is 10.5 Å². The minimum atomic E-state index is 0.0300. The van der Waals surface area contributed by atoms with Crippen LogP contribution in [0.1, 0.15) is 55.8 Å². The van der Waals surface area contributed by atoms with Crippen LogP contribution in [-0.4, -0.2) is 30.6 Å². The number of hydrogen-bond donors (Lipinski definition) is 1. The summed E-state index contributed by atoms with van der Waals surface area (Å²) in [5.41, 5.74) is 10.4. The SMILES string of the molecule is CCC(C)(C(N)c1cc(C)c(OC)cc1C)N1CCCC1. The summed E-state index contributed by atoms with van der Waals surface area (Å²) in [7, 11) is 1.72. The predicted molar refractivity (Wildman–Crippen MR) is 88.9 cm³/mol. The Balaban J connectivity index is 2.37. The summed E-state index contributed by atoms with van der Waals surface area (Å²) >= 11 is 0. The van der Waals surface area contributed by atoms with Crippen LogP contribution in [0.2, 0.25) is 0 Å². The molecule has 3 heteroatoms. The largest absolute Gasteiger partial charge is 0.496 e. The highest BCUT2D eigenvalue weighted by atomic mass is 16.5. The molecular formula is C18H30N2O. The molecule has 1 saturated heterocycles. The third kappa shape index (κ3) is 2.95. The van der Waals surface area contributed by atoms with Gasteiger partial charge in [-0.1, -0.05) is 13.0 Å². The van der Waals surface area contributed by atoms with Crippen molar-refractivity contribution in [2.24, 2.45) is 5.73 Å². The molecule has 21 heavy (non-hydrogen) atoms. The molecule has 0 radical (unpaired) electrons. The van der Waals surface area contributed by atoms with Crippen LogP contribution < -0.4 is 10.5 Å². The lowest BCUT2D eigenvalue weighted by Gasteiger charge is -2.43. The molecule has 1 aliphatic heterocycles. The van der Waals surface area contributed by atoms with Crippen LogP contribution >= 0.6 is 0 Å². The van der Waals surface area contributed by atoms with Crippen LogP contribution in [0.25, 0.3) is 0 Å². The molecule has 0 amide bonds. The average molecular weight is 290 g/mol. The van der Waals surface area contributed by atoms with Gasteiger partial charge in [-0.25, -0.2) is 0 Å². The van der Waals surface area contributed by atoms with Crippen LogP contribution in [-0.2, 0) is 0 Å². The molecule has 0 spiro atoms. The first kappa shape index (κ1) is 16.3. The lowest BCUT2D eigenvalue weighted by molar-refractivity contribution is 0.0997. The van der Waals surface area contributed by atoms with Gasteiger partial charge in [0.25, 0.3) is 0 Å². The molecule has 1 aromatic carbocycles. The zero-order valence-electron chi connectivity index (χ0n) is 14.2. The van der Waals surface area contributed by atoms with Gasteiger partial charge in [-0.2, -0.15) is 0 Å². The third-order valence-electron chi connectivity index (χ3n) is 5.33. The smallest absolute Gasteiger partial charge is 0.122 e. The maximum Gasteiger partial charge on any atom is 0.122 e. The maximum atomic E-state index is 6.74. The number of nitrogens with two attached hydrogens (primary N) is 1. The van der Waals surface area contributed by atoms with E-state index in [-0.39, 0.29) is 11.6 Å². The van der Waals surface area contributed by atoms with Crippen molar-refractivity contribution in [1.82, 2.24) is 4.90 Å². The number of ether oxygens (including phenoxy) is 1. The second-order valence-electron chi connectivity index (χ2n) is 6.56. The highest BCUT2D eigenvalue weighted by Crippen LogP contribution is 2.37. The molecule has 1 heterocycles. The van der Waals surface area contributed by atoms with Crippen LogP contribution in [0.4, 0.5) is 0 Å². The van der Waals surface area contributed by atoms with Gasteiger partial charge in [-0.15, -0.1) is 0 Å². The summed E-state index contributed by atoms with van der Waals surface area (Å²) in [6, 6.07) is 4.36. The normalized spacial score (nSPS) is 20.3. The monoisotopic (exact) mass is 290 g/mol. The van der Waals surface area contributed by atoms with Gasteiger partial charge in [0.2, 0.25) is 0 Å². The molecule has 0 bridgehead atoms. The first-order valence-electron chi connectivity index (χ1n) is 8.09. The first-order valence-corrected chi connectivity index (χ1v) is 8.09. The molecule has 3 nitrogen and oxygen atoms in total. The number of rotatable bonds is 5. The average Bonchev–Trinajstić information content (AvgIpc) is 3.02. The minimum absolute atomic E-state index is 0.0300. The van der Waals surface area contributed by atoms with E-state index in [1.54, 1.807) is 7.11 Å². The van der Waals surface area contributed by atoms with E-state index in [0.717, 1.165) is 17.7 Å². The maximum absolute atomic E-state index is 6.74. The van der Waals surface area contributed by atoms with Gasteiger partial charge in [-0.05, 0) is 75.9 Å². The topological polar surface area (TPSA) is 38.5 Å². The Hall–Kier alpha value is -1.06. The fourth-order valence-corrected chi connectivity index (χ4v) is 3.57. The van der Waals surface area contributed by atoms with Gasteiger partial charge in [0.1, 0.15) is 5.75 Å². The quantitative estimate of drug-likeness (QED) is 0.901. The van der Waals surface area contributed by atoms with E-state index in [0.29, 0.717) is 0 Å². The van der Waals surface area contributed by atoms with Gasteiger partial charge < -0.3 is 10.5 Å². The fraction of sp³-hybridized carbons (Fsp3) is 0.667. The van der Waals surface area contributed by atoms with Crippen molar-refractivity contribution >= 4 is 0 Å². The molecule has 118 valence electrons. The Labute approximate surface area is 129 Å². The van der Waals surface area contributed by atoms with Crippen molar-refractivity contribution in [2.75, 3.05) is 20.2 Å². The molecule has 2 unspecified atom stereocenters. The standard InChI is InChI=1S/C18H30N2O/c1-6-18(4,20-9-7-8-10-20)17(19)15-11-14(3)16(21-5)12-13(15)2/h11-12,17H,6-10,19H2,1-5H3. The summed E-state index contributed by atoms with van der Waals surface area (Å²) in [4.78, 5) is 2.58. The van der Waals surface area contributed by atoms with E-state index in [2.05, 4.69) is 44.7 Å². The highest BCUT2D eigenvalue weighted by molar-refractivity contribution is 5.43. The second kappa shape index (κ2) is 6.37. The van der Waals surface area contributed by atoms with Crippen molar-refractivity contribution in [3.05, 3.63) is 28.8 Å². The van der Waals surface area contributed by atoms with Gasteiger partial charge >= 0.3 is 0 Å². The number of nitrogens with zero attached hydrogens (tertiary/aromatic N) is 1. The van der Waals surface area contributed by atoms with Gasteiger partial charge in [0, 0.05) is 11.6 Å². The first-order chi connectivity index (χ1) is 9.93. The highest BCUT2D eigenvalue weighted by Gasteiger charge is 2.38. The number of likely N-dealkylation sites (tertiary alicyclic amines) is 1. The van der Waals surface area contributed by atoms with Crippen molar-refractivity contribution in [3.8, 4) is 5.75 Å². The van der Waals surface area contributed by atoms with E-state index >= 15 is 0 Å². The van der Waals surface area contributed by atoms with Crippen molar-refractivity contribution < 1.29 is 4.74 Å². The van der Waals surface area contributed by atoms with E-state index in [9.17, 15) is 0 Å². The van der Waals surface area contributed by atoms with Crippen molar-refractivity contribution in [3.63, 3.8) is 0 Å². The molecule has 2 rings (SSSR count). The Morgan fingerprint density at radius 3 is 2.38 bits per heavy atom. The summed E-state index contributed by atoms with van der Waals surface area (Å²) in [6.07, 6.45) is 3.66. The predicted octanol–water partition coefficient (Wildman–Crippen LogP) is 3.58. The minimum Gasteiger partial charge on any atom is -0.496 e. The summed E-state index contributed by atoms with van der Waals surface area (Å²) in [6.45, 7) is 11.1. The van der Waals surface area contributed by atoms with Crippen molar-refractivity contribution in [2.45, 2.75) is 58.5 Å². The molecular weight excluding hydrogens is 260 g/mol. The fourth-order valence-electron chi connectivity index (χ4n) is 3.57. The van der Waals surface area contributed by atoms with Crippen molar-refractivity contribution in [1.29, 1.82) is 0 Å². The Morgan fingerprint density at radius 2 is 1.86 bits per heavy atom. The van der Waals surface area contributed by atoms with Gasteiger partial charge in [0.15, 0.2) is 0 Å². The van der Waals surface area contributed by atoms with Crippen LogP contribution in [0.15, 0.2) is 12.1 Å². The molecule has 0 aromatic heterocycles. The molecule has 0 aliphatic carbocycles. The Bertz CT molecular complexity index is 494. The number of methoxy groups -OCH3 is 1. The molecule has 2 atom stereocenters. The van der Waals surface area contributed by atoms with Gasteiger partial charge in [-0.3, -0.25) is 4.90 Å². The molecule has 2 N–H and O–H groups in total. The summed E-state index contributed by atoms with van der Waals surface area (Å²) < 4.78 is 5.42. The number of hydrogen-bond acceptors (Lipinski definition) is 3. The second-order valence-corrected chi connectivity index (χ2v) is 6.56. The van der Waals surface area contributed by atoms with E-state index in [1.807, 2.05) is 0 Å². The van der Waals surface area contributed by atoms with Crippen LogP contribution in [0.3, 0.4) is 0 Å². The molecule has 1 aliphatic rings. The molecule has 1 fully saturated rings. The molecule has 1 aromatic rings. The Morgan fingerprint density at radius 1 is 1.24 bits per heavy atom. The van der Waals surface area contributed by atoms with Gasteiger partial charge in [0.05, 0.1) is 7.11 Å². The Kier molecular flexibility index (Phi) is 4.95. The lowest BCUT2D eigenvalue weighted by atomic mass is 9.81. The summed E-state index contributed by atoms with van der Waals surface area (Å²) in [5.74, 6) is 0.947. The lowest BCUT2D eigenvalue weighted by Crippen LogP contribution is -2.52. The van der Waals surface area contributed by atoms with Crippen LogP contribution in [0.5, 0.6) is 5.75 Å². The van der Waals surface area contributed by atoms with Crippen LogP contribution in [0, 0.1) is 13.8 Å².